The van der Waals surface area contributed by atoms with E-state index in [0.717, 1.165) is 0 Å². The van der Waals surface area contributed by atoms with Crippen molar-refractivity contribution in [1.29, 1.82) is 0 Å². The third-order valence-corrected chi connectivity index (χ3v) is 4.72. The number of nitrogens with one attached hydrogen (secondary N) is 3. The number of carbonyl (C=O) groups is 1. The number of hydrazone groups is 1. The average Bonchev–Trinajstić information content (AvgIpc) is 3.31. The van der Waals surface area contributed by atoms with Crippen molar-refractivity contribution in [1.82, 2.24) is 26.3 Å². The lowest BCUT2D eigenvalue weighted by atomic mass is 10.0. The van der Waals surface area contributed by atoms with Crippen molar-refractivity contribution in [2.75, 3.05) is 6.61 Å². The summed E-state index contributed by atoms with van der Waals surface area (Å²) in [4.78, 5) is 11.4. The third kappa shape index (κ3) is 4.24. The maximum atomic E-state index is 12.0. The number of hydrogen-bond donors (Lipinski definition) is 4. The lowest BCUT2D eigenvalue weighted by Gasteiger charge is -2.12. The van der Waals surface area contributed by atoms with Gasteiger partial charge in [0, 0.05) is 17.3 Å². The summed E-state index contributed by atoms with van der Waals surface area (Å²) < 4.78 is 30.5. The highest BCUT2D eigenvalue weighted by Gasteiger charge is 2.24. The molecule has 0 spiro atoms. The number of aryl methyl sites for hydroxylation is 1. The van der Waals surface area contributed by atoms with Crippen LogP contribution >= 0.6 is 0 Å². The minimum Gasteiger partial charge on any atom is -0.466 e. The summed E-state index contributed by atoms with van der Waals surface area (Å²) in [5.41, 5.74) is 9.33. The number of hydrazine groups is 2. The van der Waals surface area contributed by atoms with Crippen LogP contribution in [0.25, 0.3) is 11.1 Å². The van der Waals surface area contributed by atoms with Gasteiger partial charge in [0.1, 0.15) is 0 Å². The molecule has 5 N–H and O–H groups in total. The summed E-state index contributed by atoms with van der Waals surface area (Å²) in [6.07, 6.45) is 3.47. The van der Waals surface area contributed by atoms with Crippen molar-refractivity contribution < 1.29 is 17.9 Å². The summed E-state index contributed by atoms with van der Waals surface area (Å²) in [7, 11) is -3.99. The van der Waals surface area contributed by atoms with Crippen molar-refractivity contribution in [2.45, 2.75) is 24.8 Å². The summed E-state index contributed by atoms with van der Waals surface area (Å²) in [5, 5.41) is 13.6. The Balaban J connectivity index is 1.96. The van der Waals surface area contributed by atoms with E-state index in [0.29, 0.717) is 29.8 Å². The number of carbonyl (C=O) groups excluding carboxylic acids is 1. The van der Waals surface area contributed by atoms with Gasteiger partial charge in [0.15, 0.2) is 5.84 Å². The first-order valence-corrected chi connectivity index (χ1v) is 9.63. The number of sulfonamides is 1. The van der Waals surface area contributed by atoms with Crippen LogP contribution in [0.1, 0.15) is 18.9 Å². The highest BCUT2D eigenvalue weighted by Crippen LogP contribution is 2.28. The molecule has 0 amide bonds. The number of primary sulfonamides is 1. The van der Waals surface area contributed by atoms with Gasteiger partial charge in [0.25, 0.3) is 0 Å². The molecule has 144 valence electrons. The van der Waals surface area contributed by atoms with E-state index in [2.05, 4.69) is 26.7 Å². The molecule has 0 fully saturated rings. The number of ether oxygens (including phenoxy) is 1. The van der Waals surface area contributed by atoms with E-state index in [9.17, 15) is 13.2 Å². The zero-order valence-electron chi connectivity index (χ0n) is 14.5. The molecule has 0 atom stereocenters. The van der Waals surface area contributed by atoms with Crippen molar-refractivity contribution in [3.05, 3.63) is 36.2 Å². The monoisotopic (exact) mass is 393 g/mol. The number of nitrogens with zero attached hydrogens (tertiary/aromatic N) is 3. The van der Waals surface area contributed by atoms with Gasteiger partial charge in [-0.15, -0.1) is 10.6 Å². The molecule has 0 aliphatic carbocycles. The molecule has 2 heterocycles. The van der Waals surface area contributed by atoms with Crippen LogP contribution in [-0.2, 0) is 26.1 Å². The largest absolute Gasteiger partial charge is 0.466 e. The molecule has 11 nitrogen and oxygen atoms in total. The van der Waals surface area contributed by atoms with E-state index in [1.165, 1.54) is 6.07 Å². The Kier molecular flexibility index (Phi) is 5.39. The van der Waals surface area contributed by atoms with Gasteiger partial charge in [-0.05, 0) is 18.6 Å². The third-order valence-electron chi connectivity index (χ3n) is 3.77. The van der Waals surface area contributed by atoms with Gasteiger partial charge < -0.3 is 4.74 Å². The minimum absolute atomic E-state index is 0.0731. The van der Waals surface area contributed by atoms with Gasteiger partial charge in [0.05, 0.1) is 30.7 Å². The second-order valence-corrected chi connectivity index (χ2v) is 7.12. The van der Waals surface area contributed by atoms with E-state index in [-0.39, 0.29) is 23.1 Å². The normalized spacial score (nSPS) is 13.6. The van der Waals surface area contributed by atoms with Crippen LogP contribution in [-0.4, -0.2) is 36.6 Å². The molecular weight excluding hydrogens is 374 g/mol. The number of aromatic nitrogens is 2. The molecule has 0 radical (unpaired) electrons. The molecule has 1 aromatic heterocycles. The fourth-order valence-corrected chi connectivity index (χ4v) is 3.39. The molecule has 1 aliphatic heterocycles. The van der Waals surface area contributed by atoms with Gasteiger partial charge in [-0.25, -0.2) is 19.1 Å². The highest BCUT2D eigenvalue weighted by molar-refractivity contribution is 7.89. The van der Waals surface area contributed by atoms with E-state index < -0.39 is 10.0 Å². The Hall–Kier alpha value is -2.96. The smallest absolute Gasteiger partial charge is 0.307 e. The van der Waals surface area contributed by atoms with Crippen LogP contribution in [0.3, 0.4) is 0 Å². The van der Waals surface area contributed by atoms with E-state index >= 15 is 0 Å². The Labute approximate surface area is 155 Å². The lowest BCUT2D eigenvalue weighted by Crippen LogP contribution is -2.36. The molecule has 1 aromatic carbocycles. The van der Waals surface area contributed by atoms with Crippen LogP contribution in [0.4, 0.5) is 0 Å². The van der Waals surface area contributed by atoms with E-state index in [4.69, 9.17) is 9.88 Å². The Bertz CT molecular complexity index is 984. The maximum Gasteiger partial charge on any atom is 0.307 e. The van der Waals surface area contributed by atoms with Crippen LogP contribution in [0.5, 0.6) is 0 Å². The first-order chi connectivity index (χ1) is 12.9. The zero-order chi connectivity index (χ0) is 19.4. The SMILES string of the molecule is CCOC(=O)CCn1cc(-c2cccc(S(N)(=O)=O)c2C2=NNNN2)cn1. The van der Waals surface area contributed by atoms with E-state index in [1.807, 2.05) is 0 Å². The molecule has 3 rings (SSSR count). The molecular formula is C15H19N7O4S. The van der Waals surface area contributed by atoms with Crippen molar-refractivity contribution in [2.24, 2.45) is 10.2 Å². The van der Waals surface area contributed by atoms with Gasteiger partial charge in [-0.1, -0.05) is 12.1 Å². The maximum absolute atomic E-state index is 12.0. The van der Waals surface area contributed by atoms with Gasteiger partial charge in [-0.2, -0.15) is 5.10 Å². The predicted octanol–water partition coefficient (Wildman–Crippen LogP) is -0.575. The molecule has 0 bridgehead atoms. The fraction of sp³-hybridized carbons (Fsp3) is 0.267. The summed E-state index contributed by atoms with van der Waals surface area (Å²) in [6.45, 7) is 2.41. The summed E-state index contributed by atoms with van der Waals surface area (Å²) >= 11 is 0. The minimum atomic E-state index is -3.99. The molecule has 12 heteroatoms. The number of nitrogens with two attached hydrogens (primary N) is 1. The Morgan fingerprint density at radius 1 is 1.37 bits per heavy atom. The molecule has 2 aromatic rings. The van der Waals surface area contributed by atoms with Gasteiger partial charge in [0.2, 0.25) is 10.0 Å². The molecule has 27 heavy (non-hydrogen) atoms. The standard InChI is InChI=1S/C15H19N7O4S/c1-2-26-13(23)6-7-22-9-10(8-17-22)11-4-3-5-12(27(16,24)25)14(11)15-18-20-21-19-15/h3-5,8-9,20-21H,2,6-7H2,1H3,(H,18,19)(H2,16,24,25). The molecule has 0 unspecified atom stereocenters. The van der Waals surface area contributed by atoms with Gasteiger partial charge >= 0.3 is 5.97 Å². The average molecular weight is 393 g/mol. The number of benzene rings is 1. The van der Waals surface area contributed by atoms with Crippen molar-refractivity contribution in [3.8, 4) is 11.1 Å². The topological polar surface area (TPSA) is 153 Å². The predicted molar refractivity (Wildman–Crippen MR) is 96.2 cm³/mol. The van der Waals surface area contributed by atoms with Crippen LogP contribution in [0.15, 0.2) is 40.6 Å². The zero-order valence-corrected chi connectivity index (χ0v) is 15.3. The number of amidine groups is 1. The van der Waals surface area contributed by atoms with Gasteiger partial charge in [-0.3, -0.25) is 14.9 Å². The second kappa shape index (κ2) is 7.73. The highest BCUT2D eigenvalue weighted by atomic mass is 32.2. The number of hydrogen-bond acceptors (Lipinski definition) is 9. The number of rotatable bonds is 7. The molecule has 0 saturated carbocycles. The summed E-state index contributed by atoms with van der Waals surface area (Å²) in [5.74, 6) is -0.0398. The number of esters is 1. The first kappa shape index (κ1) is 18.8. The molecule has 0 saturated heterocycles. The first-order valence-electron chi connectivity index (χ1n) is 8.08. The van der Waals surface area contributed by atoms with Crippen LogP contribution in [0.2, 0.25) is 0 Å². The Morgan fingerprint density at radius 2 is 2.19 bits per heavy atom. The lowest BCUT2D eigenvalue weighted by molar-refractivity contribution is -0.143. The fourth-order valence-electron chi connectivity index (χ4n) is 2.63. The van der Waals surface area contributed by atoms with Crippen molar-refractivity contribution >= 4 is 21.8 Å². The summed E-state index contributed by atoms with van der Waals surface area (Å²) in [6, 6.07) is 4.73. The van der Waals surface area contributed by atoms with Crippen molar-refractivity contribution in [3.63, 3.8) is 0 Å². The second-order valence-electron chi connectivity index (χ2n) is 5.59. The van der Waals surface area contributed by atoms with Crippen LogP contribution in [0, 0.1) is 0 Å². The Morgan fingerprint density at radius 3 is 2.85 bits per heavy atom. The van der Waals surface area contributed by atoms with Crippen LogP contribution < -0.4 is 21.6 Å². The quantitative estimate of drug-likeness (QED) is 0.456. The molecule has 1 aliphatic rings. The van der Waals surface area contributed by atoms with E-state index in [1.54, 1.807) is 36.1 Å².